The van der Waals surface area contributed by atoms with Crippen LogP contribution in [-0.2, 0) is 11.4 Å². The van der Waals surface area contributed by atoms with Crippen LogP contribution in [0.3, 0.4) is 0 Å². The number of hydrogen-bond acceptors (Lipinski definition) is 6. The first kappa shape index (κ1) is 19.2. The van der Waals surface area contributed by atoms with Gasteiger partial charge in [-0.15, -0.1) is 6.42 Å². The molecule has 2 aromatic carbocycles. The number of benzene rings is 2. The number of amides is 2. The average Bonchev–Trinajstić information content (AvgIpc) is 2.95. The summed E-state index contributed by atoms with van der Waals surface area (Å²) in [6.07, 6.45) is 6.79. The molecule has 1 aliphatic heterocycles. The highest BCUT2D eigenvalue weighted by Gasteiger charge is 2.34. The molecule has 0 atom stereocenters. The van der Waals surface area contributed by atoms with Crippen molar-refractivity contribution in [3.8, 4) is 18.1 Å². The molecule has 0 spiro atoms. The van der Waals surface area contributed by atoms with Gasteiger partial charge in [-0.1, -0.05) is 30.2 Å². The van der Waals surface area contributed by atoms with E-state index in [2.05, 4.69) is 5.92 Å². The van der Waals surface area contributed by atoms with Gasteiger partial charge < -0.3 is 4.74 Å². The maximum atomic E-state index is 12.2. The third-order valence-electron chi connectivity index (χ3n) is 3.83. The number of non-ortho nitro benzene ring substituents is 1. The number of nitro groups is 1. The first-order valence-electron chi connectivity index (χ1n) is 8.13. The molecule has 0 unspecified atom stereocenters. The molecule has 0 radical (unpaired) electrons. The van der Waals surface area contributed by atoms with Crippen LogP contribution in [0.4, 0.5) is 10.5 Å². The quantitative estimate of drug-likeness (QED) is 0.320. The smallest absolute Gasteiger partial charge is 0.294 e. The monoisotopic (exact) mass is 394 g/mol. The fourth-order valence-corrected chi connectivity index (χ4v) is 3.30. The molecule has 28 heavy (non-hydrogen) atoms. The van der Waals surface area contributed by atoms with Gasteiger partial charge in [0.25, 0.3) is 16.8 Å². The summed E-state index contributed by atoms with van der Waals surface area (Å²) in [6, 6.07) is 13.2. The molecule has 8 heteroatoms. The number of carbonyl (C=O) groups is 2. The molecule has 0 bridgehead atoms. The Kier molecular flexibility index (Phi) is 5.77. The fraction of sp³-hybridized carbons (Fsp3) is 0.100. The summed E-state index contributed by atoms with van der Waals surface area (Å²) in [5.74, 6) is 2.46. The first-order valence-corrected chi connectivity index (χ1v) is 8.94. The SMILES string of the molecule is C#CCN1C(=O)S/C(=C\c2ccc(OCc3cccc([N+](=O)[O-])c3)cc2)C1=O. The predicted molar refractivity (Wildman–Crippen MR) is 105 cm³/mol. The van der Waals surface area contributed by atoms with E-state index < -0.39 is 10.8 Å². The average molecular weight is 394 g/mol. The van der Waals surface area contributed by atoms with E-state index in [0.717, 1.165) is 22.2 Å². The number of nitrogens with zero attached hydrogens (tertiary/aromatic N) is 2. The van der Waals surface area contributed by atoms with Crippen LogP contribution < -0.4 is 4.74 Å². The number of imide groups is 1. The fourth-order valence-electron chi connectivity index (χ4n) is 2.47. The minimum atomic E-state index is -0.455. The standard InChI is InChI=1S/C20H14N2O5S/c1-2-10-21-19(23)18(28-20(21)24)12-14-6-8-17(9-7-14)27-13-15-4-3-5-16(11-15)22(25)26/h1,3-9,11-12H,10,13H2/b18-12-. The van der Waals surface area contributed by atoms with E-state index in [1.807, 2.05) is 0 Å². The summed E-state index contributed by atoms with van der Waals surface area (Å²) in [4.78, 5) is 35.6. The molecule has 0 aliphatic carbocycles. The molecule has 1 saturated heterocycles. The van der Waals surface area contributed by atoms with E-state index in [9.17, 15) is 19.7 Å². The second-order valence-corrected chi connectivity index (χ2v) is 6.75. The summed E-state index contributed by atoms with van der Waals surface area (Å²) in [6.45, 7) is 0.137. The summed E-state index contributed by atoms with van der Waals surface area (Å²) in [7, 11) is 0. The van der Waals surface area contributed by atoms with E-state index in [1.165, 1.54) is 12.1 Å². The Morgan fingerprint density at radius 2 is 1.96 bits per heavy atom. The van der Waals surface area contributed by atoms with Gasteiger partial charge in [0.1, 0.15) is 12.4 Å². The molecule has 1 heterocycles. The van der Waals surface area contributed by atoms with E-state index in [1.54, 1.807) is 42.5 Å². The zero-order valence-electron chi connectivity index (χ0n) is 14.5. The largest absolute Gasteiger partial charge is 0.489 e. The number of nitro benzene ring substituents is 1. The van der Waals surface area contributed by atoms with Crippen molar-refractivity contribution in [3.05, 3.63) is 74.7 Å². The Hall–Kier alpha value is -3.57. The Labute approximate surface area is 165 Å². The summed E-state index contributed by atoms with van der Waals surface area (Å²) in [5, 5.41) is 10.4. The molecule has 1 fully saturated rings. The van der Waals surface area contributed by atoms with Crippen LogP contribution in [0.1, 0.15) is 11.1 Å². The molecule has 0 saturated carbocycles. The highest BCUT2D eigenvalue weighted by Crippen LogP contribution is 2.32. The predicted octanol–water partition coefficient (Wildman–Crippen LogP) is 3.84. The second-order valence-electron chi connectivity index (χ2n) is 5.76. The van der Waals surface area contributed by atoms with Crippen molar-refractivity contribution >= 4 is 34.7 Å². The van der Waals surface area contributed by atoms with Crippen molar-refractivity contribution in [1.82, 2.24) is 4.90 Å². The van der Waals surface area contributed by atoms with Gasteiger partial charge in [-0.3, -0.25) is 24.6 Å². The molecule has 2 aromatic rings. The van der Waals surface area contributed by atoms with Gasteiger partial charge >= 0.3 is 0 Å². The number of terminal acetylenes is 1. The Balaban J connectivity index is 1.65. The molecule has 1 aliphatic rings. The lowest BCUT2D eigenvalue weighted by atomic mass is 10.2. The van der Waals surface area contributed by atoms with Gasteiger partial charge in [-0.2, -0.15) is 0 Å². The summed E-state index contributed by atoms with van der Waals surface area (Å²) < 4.78 is 5.64. The Morgan fingerprint density at radius 1 is 1.21 bits per heavy atom. The molecule has 2 amide bonds. The third-order valence-corrected chi connectivity index (χ3v) is 4.74. The van der Waals surface area contributed by atoms with Gasteiger partial charge in [0.15, 0.2) is 0 Å². The molecular formula is C20H14N2O5S. The number of carbonyl (C=O) groups excluding carboxylic acids is 2. The van der Waals surface area contributed by atoms with Gasteiger partial charge in [0.2, 0.25) is 0 Å². The summed E-state index contributed by atoms with van der Waals surface area (Å²) in [5.41, 5.74) is 1.42. The number of thioether (sulfide) groups is 1. The Morgan fingerprint density at radius 3 is 2.64 bits per heavy atom. The topological polar surface area (TPSA) is 89.8 Å². The molecule has 0 aromatic heterocycles. The van der Waals surface area contributed by atoms with Crippen molar-refractivity contribution in [2.45, 2.75) is 6.61 Å². The third kappa shape index (κ3) is 4.39. The van der Waals surface area contributed by atoms with Crippen LogP contribution in [0, 0.1) is 22.5 Å². The van der Waals surface area contributed by atoms with Gasteiger partial charge in [-0.05, 0) is 41.1 Å². The molecule has 3 rings (SSSR count). The van der Waals surface area contributed by atoms with Crippen molar-refractivity contribution in [3.63, 3.8) is 0 Å². The maximum absolute atomic E-state index is 12.2. The molecular weight excluding hydrogens is 380 g/mol. The van der Waals surface area contributed by atoms with E-state index in [-0.39, 0.29) is 24.1 Å². The van der Waals surface area contributed by atoms with Crippen molar-refractivity contribution in [2.24, 2.45) is 0 Å². The normalized spacial score (nSPS) is 15.0. The molecule has 7 nitrogen and oxygen atoms in total. The van der Waals surface area contributed by atoms with Gasteiger partial charge in [0.05, 0.1) is 16.4 Å². The summed E-state index contributed by atoms with van der Waals surface area (Å²) >= 11 is 0.849. The number of hydrogen-bond donors (Lipinski definition) is 0. The minimum Gasteiger partial charge on any atom is -0.489 e. The van der Waals surface area contributed by atoms with Crippen LogP contribution in [0.15, 0.2) is 53.4 Å². The zero-order valence-corrected chi connectivity index (χ0v) is 15.3. The molecule has 0 N–H and O–H groups in total. The van der Waals surface area contributed by atoms with Crippen LogP contribution in [0.2, 0.25) is 0 Å². The lowest BCUT2D eigenvalue weighted by Crippen LogP contribution is -2.28. The minimum absolute atomic E-state index is 0.00947. The van der Waals surface area contributed by atoms with Crippen LogP contribution in [-0.4, -0.2) is 27.5 Å². The second kappa shape index (κ2) is 8.41. The number of ether oxygens (including phenoxy) is 1. The first-order chi connectivity index (χ1) is 13.5. The van der Waals surface area contributed by atoms with E-state index in [4.69, 9.17) is 11.2 Å². The van der Waals surface area contributed by atoms with Gasteiger partial charge in [0, 0.05) is 12.1 Å². The Bertz CT molecular complexity index is 1010. The zero-order chi connectivity index (χ0) is 20.1. The molecule has 140 valence electrons. The number of rotatable bonds is 6. The highest BCUT2D eigenvalue weighted by molar-refractivity contribution is 8.18. The van der Waals surface area contributed by atoms with E-state index >= 15 is 0 Å². The lowest BCUT2D eigenvalue weighted by molar-refractivity contribution is -0.384. The van der Waals surface area contributed by atoms with Crippen LogP contribution in [0.25, 0.3) is 6.08 Å². The van der Waals surface area contributed by atoms with Crippen molar-refractivity contribution < 1.29 is 19.2 Å². The van der Waals surface area contributed by atoms with Crippen molar-refractivity contribution in [1.29, 1.82) is 0 Å². The van der Waals surface area contributed by atoms with Crippen molar-refractivity contribution in [2.75, 3.05) is 6.54 Å². The maximum Gasteiger partial charge on any atom is 0.294 e. The lowest BCUT2D eigenvalue weighted by Gasteiger charge is -2.07. The van der Waals surface area contributed by atoms with Gasteiger partial charge in [-0.25, -0.2) is 0 Å². The van der Waals surface area contributed by atoms with Crippen LogP contribution >= 0.6 is 11.8 Å². The highest BCUT2D eigenvalue weighted by atomic mass is 32.2. The van der Waals surface area contributed by atoms with Crippen LogP contribution in [0.5, 0.6) is 5.75 Å². The van der Waals surface area contributed by atoms with E-state index in [0.29, 0.717) is 16.2 Å².